The first-order chi connectivity index (χ1) is 13.0. The summed E-state index contributed by atoms with van der Waals surface area (Å²) >= 11 is 1.44. The Morgan fingerprint density at radius 1 is 1.22 bits per heavy atom. The van der Waals surface area contributed by atoms with Crippen LogP contribution in [0, 0.1) is 18.8 Å². The van der Waals surface area contributed by atoms with E-state index in [4.69, 9.17) is 15.2 Å². The first-order valence-corrected chi connectivity index (χ1v) is 10.1. The number of hydrogen-bond donors (Lipinski definition) is 1. The number of aryl methyl sites for hydroxylation is 1. The molecular weight excluding hydrogens is 362 g/mol. The topological polar surface area (TPSA) is 77.7 Å². The third kappa shape index (κ3) is 3.19. The Kier molecular flexibility index (Phi) is 4.82. The van der Waals surface area contributed by atoms with Crippen LogP contribution in [0.5, 0.6) is 11.5 Å². The highest BCUT2D eigenvalue weighted by Crippen LogP contribution is 2.39. The van der Waals surface area contributed by atoms with Crippen molar-refractivity contribution < 1.29 is 14.3 Å². The molecule has 2 N–H and O–H groups in total. The van der Waals surface area contributed by atoms with Crippen molar-refractivity contribution in [3.05, 3.63) is 28.8 Å². The lowest BCUT2D eigenvalue weighted by Crippen LogP contribution is -2.33. The molecule has 2 heterocycles. The van der Waals surface area contributed by atoms with Crippen molar-refractivity contribution in [3.63, 3.8) is 0 Å². The fourth-order valence-electron chi connectivity index (χ4n) is 4.30. The lowest BCUT2D eigenvalue weighted by Gasteiger charge is -2.18. The molecule has 4 rings (SSSR count). The van der Waals surface area contributed by atoms with Crippen LogP contribution >= 0.6 is 11.3 Å². The van der Waals surface area contributed by atoms with Crippen LogP contribution in [-0.2, 0) is 0 Å². The van der Waals surface area contributed by atoms with Gasteiger partial charge in [0.05, 0.1) is 19.9 Å². The van der Waals surface area contributed by atoms with Gasteiger partial charge in [0.15, 0.2) is 11.5 Å². The van der Waals surface area contributed by atoms with E-state index in [1.54, 1.807) is 14.2 Å². The molecule has 6 nitrogen and oxygen atoms in total. The number of aromatic nitrogens is 1. The number of ether oxygens (including phenoxy) is 2. The van der Waals surface area contributed by atoms with Crippen LogP contribution in [0.25, 0.3) is 10.6 Å². The summed E-state index contributed by atoms with van der Waals surface area (Å²) in [6.45, 7) is 3.49. The average Bonchev–Trinajstić information content (AvgIpc) is 3.36. The maximum absolute atomic E-state index is 13.1. The minimum absolute atomic E-state index is 0.0818. The molecule has 3 atom stereocenters. The molecule has 2 aliphatic rings. The lowest BCUT2D eigenvalue weighted by atomic mass is 9.98. The number of carbonyl (C=O) groups excluding carboxylic acids is 1. The van der Waals surface area contributed by atoms with E-state index in [2.05, 4.69) is 4.98 Å². The first kappa shape index (κ1) is 18.3. The van der Waals surface area contributed by atoms with Gasteiger partial charge in [-0.25, -0.2) is 4.98 Å². The standard InChI is InChI=1S/C20H25N3O3S/c1-11-18(20(24)23-9-13-4-6-15(21)14(13)10-23)27-19(22-11)12-5-7-16(25-2)17(8-12)26-3/h5,7-8,13-15H,4,6,9-10,21H2,1-3H3. The van der Waals surface area contributed by atoms with Gasteiger partial charge in [0.25, 0.3) is 5.91 Å². The molecule has 7 heteroatoms. The Balaban J connectivity index is 1.58. The van der Waals surface area contributed by atoms with Crippen LogP contribution < -0.4 is 15.2 Å². The fourth-order valence-corrected chi connectivity index (χ4v) is 5.34. The zero-order chi connectivity index (χ0) is 19.1. The van der Waals surface area contributed by atoms with Gasteiger partial charge in [0.1, 0.15) is 9.88 Å². The van der Waals surface area contributed by atoms with Gasteiger partial charge in [-0.15, -0.1) is 11.3 Å². The number of fused-ring (bicyclic) bond motifs is 1. The Bertz CT molecular complexity index is 866. The second-order valence-electron chi connectivity index (χ2n) is 7.38. The largest absolute Gasteiger partial charge is 0.493 e. The third-order valence-corrected chi connectivity index (χ3v) is 7.02. The Labute approximate surface area is 163 Å². The van der Waals surface area contributed by atoms with E-state index < -0.39 is 0 Å². The van der Waals surface area contributed by atoms with Crippen molar-refractivity contribution in [1.82, 2.24) is 9.88 Å². The summed E-state index contributed by atoms with van der Waals surface area (Å²) in [5.41, 5.74) is 7.90. The zero-order valence-electron chi connectivity index (χ0n) is 15.9. The second-order valence-corrected chi connectivity index (χ2v) is 8.38. The predicted octanol–water partition coefficient (Wildman–Crippen LogP) is 2.95. The van der Waals surface area contributed by atoms with E-state index in [1.807, 2.05) is 30.0 Å². The van der Waals surface area contributed by atoms with Crippen LogP contribution in [0.2, 0.25) is 0 Å². The molecule has 1 aliphatic heterocycles. The van der Waals surface area contributed by atoms with Crippen LogP contribution in [0.4, 0.5) is 0 Å². The van der Waals surface area contributed by atoms with E-state index in [0.717, 1.165) is 42.2 Å². The molecule has 1 saturated carbocycles. The van der Waals surface area contributed by atoms with Gasteiger partial charge in [-0.05, 0) is 49.8 Å². The van der Waals surface area contributed by atoms with Crippen molar-refractivity contribution in [1.29, 1.82) is 0 Å². The summed E-state index contributed by atoms with van der Waals surface area (Å²) in [6, 6.07) is 5.92. The summed E-state index contributed by atoms with van der Waals surface area (Å²) in [4.78, 5) is 20.4. The van der Waals surface area contributed by atoms with Crippen molar-refractivity contribution >= 4 is 17.2 Å². The number of carbonyl (C=O) groups is 1. The van der Waals surface area contributed by atoms with Gasteiger partial charge in [0, 0.05) is 24.7 Å². The minimum atomic E-state index is 0.0818. The van der Waals surface area contributed by atoms with E-state index in [-0.39, 0.29) is 11.9 Å². The SMILES string of the molecule is COc1ccc(-c2nc(C)c(C(=O)N3CC4CCC(N)C4C3)s2)cc1OC. The number of nitrogens with two attached hydrogens (primary N) is 1. The second kappa shape index (κ2) is 7.13. The zero-order valence-corrected chi connectivity index (χ0v) is 16.7. The molecule has 27 heavy (non-hydrogen) atoms. The van der Waals surface area contributed by atoms with Crippen molar-refractivity contribution in [3.8, 4) is 22.1 Å². The summed E-state index contributed by atoms with van der Waals surface area (Å²) in [6.07, 6.45) is 2.22. The van der Waals surface area contributed by atoms with Gasteiger partial charge in [-0.2, -0.15) is 0 Å². The molecule has 1 aliphatic carbocycles. The fraction of sp³-hybridized carbons (Fsp3) is 0.500. The van der Waals surface area contributed by atoms with E-state index in [0.29, 0.717) is 28.2 Å². The molecule has 1 aromatic heterocycles. The van der Waals surface area contributed by atoms with E-state index >= 15 is 0 Å². The molecule has 0 radical (unpaired) electrons. The molecule has 2 fully saturated rings. The highest BCUT2D eigenvalue weighted by Gasteiger charge is 2.43. The molecule has 1 aromatic carbocycles. The number of likely N-dealkylation sites (tertiary alicyclic amines) is 1. The van der Waals surface area contributed by atoms with E-state index in [9.17, 15) is 4.79 Å². The van der Waals surface area contributed by atoms with Crippen molar-refractivity contribution in [2.45, 2.75) is 25.8 Å². The quantitative estimate of drug-likeness (QED) is 0.873. The van der Waals surface area contributed by atoms with Gasteiger partial charge in [-0.1, -0.05) is 0 Å². The Morgan fingerprint density at radius 3 is 2.70 bits per heavy atom. The maximum Gasteiger partial charge on any atom is 0.265 e. The van der Waals surface area contributed by atoms with Crippen molar-refractivity contribution in [2.24, 2.45) is 17.6 Å². The minimum Gasteiger partial charge on any atom is -0.493 e. The van der Waals surface area contributed by atoms with Crippen LogP contribution in [0.3, 0.4) is 0 Å². The molecule has 1 amide bonds. The maximum atomic E-state index is 13.1. The molecule has 3 unspecified atom stereocenters. The number of hydrogen-bond acceptors (Lipinski definition) is 6. The average molecular weight is 388 g/mol. The summed E-state index contributed by atoms with van der Waals surface area (Å²) < 4.78 is 10.7. The van der Waals surface area contributed by atoms with Crippen LogP contribution in [0.15, 0.2) is 18.2 Å². The number of rotatable bonds is 4. The number of thiazole rings is 1. The number of methoxy groups -OCH3 is 2. The highest BCUT2D eigenvalue weighted by atomic mass is 32.1. The molecule has 2 aromatic rings. The molecule has 1 saturated heterocycles. The first-order valence-electron chi connectivity index (χ1n) is 9.26. The Hall–Kier alpha value is -2.12. The van der Waals surface area contributed by atoms with Crippen LogP contribution in [-0.4, -0.2) is 49.1 Å². The number of nitrogens with zero attached hydrogens (tertiary/aromatic N) is 2. The summed E-state index contributed by atoms with van der Waals surface area (Å²) in [5.74, 6) is 2.41. The van der Waals surface area contributed by atoms with Gasteiger partial charge < -0.3 is 20.1 Å². The monoisotopic (exact) mass is 387 g/mol. The smallest absolute Gasteiger partial charge is 0.265 e. The summed E-state index contributed by atoms with van der Waals surface area (Å²) in [7, 11) is 3.22. The van der Waals surface area contributed by atoms with Gasteiger partial charge in [-0.3, -0.25) is 4.79 Å². The molecule has 0 bridgehead atoms. The highest BCUT2D eigenvalue weighted by molar-refractivity contribution is 7.17. The summed E-state index contributed by atoms with van der Waals surface area (Å²) in [5, 5.41) is 0.813. The lowest BCUT2D eigenvalue weighted by molar-refractivity contribution is 0.0783. The predicted molar refractivity (Wildman–Crippen MR) is 105 cm³/mol. The van der Waals surface area contributed by atoms with E-state index in [1.165, 1.54) is 11.3 Å². The molecule has 0 spiro atoms. The van der Waals surface area contributed by atoms with Crippen LogP contribution in [0.1, 0.15) is 28.2 Å². The number of benzene rings is 1. The molecular formula is C20H25N3O3S. The third-order valence-electron chi connectivity index (χ3n) is 5.82. The number of amides is 1. The molecule has 144 valence electrons. The Morgan fingerprint density at radius 2 is 2.00 bits per heavy atom. The van der Waals surface area contributed by atoms with Crippen molar-refractivity contribution in [2.75, 3.05) is 27.3 Å². The normalized spacial score (nSPS) is 24.1. The van der Waals surface area contributed by atoms with Gasteiger partial charge >= 0.3 is 0 Å². The van der Waals surface area contributed by atoms with Gasteiger partial charge in [0.2, 0.25) is 0 Å².